The third kappa shape index (κ3) is 2.09. The first-order valence-electron chi connectivity index (χ1n) is 4.31. The zero-order chi connectivity index (χ0) is 10.7. The molecule has 76 valence electrons. The highest BCUT2D eigenvalue weighted by molar-refractivity contribution is 5.96. The van der Waals surface area contributed by atoms with Gasteiger partial charge >= 0.3 is 0 Å². The summed E-state index contributed by atoms with van der Waals surface area (Å²) in [5.74, 6) is -0.737. The van der Waals surface area contributed by atoms with Crippen molar-refractivity contribution in [2.24, 2.45) is 5.73 Å². The van der Waals surface area contributed by atoms with Crippen LogP contribution in [0, 0.1) is 5.82 Å². The fraction of sp³-hybridized carbons (Fsp3) is 0.300. The molecule has 1 amide bonds. The van der Waals surface area contributed by atoms with Crippen LogP contribution in [0.1, 0.15) is 6.92 Å². The zero-order valence-electron chi connectivity index (χ0n) is 8.20. The van der Waals surface area contributed by atoms with E-state index in [2.05, 4.69) is 0 Å². The average molecular weight is 196 g/mol. The largest absolute Gasteiger partial charge is 0.320 e. The molecular weight excluding hydrogens is 183 g/mol. The van der Waals surface area contributed by atoms with Crippen LogP contribution < -0.4 is 10.6 Å². The number of para-hydroxylation sites is 1. The second-order valence-corrected chi connectivity index (χ2v) is 3.14. The van der Waals surface area contributed by atoms with E-state index in [0.29, 0.717) is 0 Å². The lowest BCUT2D eigenvalue weighted by Gasteiger charge is -2.19. The van der Waals surface area contributed by atoms with Crippen LogP contribution in [-0.2, 0) is 4.79 Å². The molecule has 1 unspecified atom stereocenters. The fourth-order valence-electron chi connectivity index (χ4n) is 1.15. The molecule has 1 aromatic carbocycles. The summed E-state index contributed by atoms with van der Waals surface area (Å²) in [6, 6.07) is 5.46. The molecule has 0 bridgehead atoms. The smallest absolute Gasteiger partial charge is 0.243 e. The van der Waals surface area contributed by atoms with Crippen molar-refractivity contribution in [3.63, 3.8) is 0 Å². The number of likely N-dealkylation sites (N-methyl/N-ethyl adjacent to an activating group) is 1. The number of carbonyl (C=O) groups is 1. The Morgan fingerprint density at radius 3 is 2.57 bits per heavy atom. The van der Waals surface area contributed by atoms with Crippen LogP contribution in [-0.4, -0.2) is 19.0 Å². The van der Waals surface area contributed by atoms with Crippen molar-refractivity contribution in [3.8, 4) is 0 Å². The molecule has 0 aromatic heterocycles. The lowest BCUT2D eigenvalue weighted by molar-refractivity contribution is -0.119. The molecule has 0 fully saturated rings. The highest BCUT2D eigenvalue weighted by Crippen LogP contribution is 2.17. The van der Waals surface area contributed by atoms with E-state index in [4.69, 9.17) is 5.73 Å². The van der Waals surface area contributed by atoms with E-state index in [1.165, 1.54) is 24.1 Å². The van der Waals surface area contributed by atoms with Crippen molar-refractivity contribution in [1.82, 2.24) is 0 Å². The standard InChI is InChI=1S/C10H13FN2O/c1-7(12)10(14)13(2)9-6-4-3-5-8(9)11/h3-7H,12H2,1-2H3. The lowest BCUT2D eigenvalue weighted by atomic mass is 10.2. The minimum atomic E-state index is -0.625. The number of nitrogens with zero attached hydrogens (tertiary/aromatic N) is 1. The topological polar surface area (TPSA) is 46.3 Å². The number of hydrogen-bond donors (Lipinski definition) is 1. The van der Waals surface area contributed by atoms with Gasteiger partial charge in [-0.05, 0) is 19.1 Å². The molecule has 0 heterocycles. The summed E-state index contributed by atoms with van der Waals surface area (Å²) in [7, 11) is 1.50. The summed E-state index contributed by atoms with van der Waals surface area (Å²) in [6.07, 6.45) is 0. The summed E-state index contributed by atoms with van der Waals surface area (Å²) < 4.78 is 13.2. The molecule has 1 aromatic rings. The highest BCUT2D eigenvalue weighted by atomic mass is 19.1. The Morgan fingerprint density at radius 1 is 1.50 bits per heavy atom. The van der Waals surface area contributed by atoms with Crippen LogP contribution in [0.3, 0.4) is 0 Å². The molecular formula is C10H13FN2O. The van der Waals surface area contributed by atoms with Gasteiger partial charge in [0, 0.05) is 7.05 Å². The number of hydrogen-bond acceptors (Lipinski definition) is 2. The number of nitrogens with two attached hydrogens (primary N) is 1. The van der Waals surface area contributed by atoms with E-state index in [1.807, 2.05) is 0 Å². The molecule has 0 saturated carbocycles. The van der Waals surface area contributed by atoms with Crippen LogP contribution >= 0.6 is 0 Å². The van der Waals surface area contributed by atoms with Gasteiger partial charge < -0.3 is 10.6 Å². The van der Waals surface area contributed by atoms with Gasteiger partial charge in [-0.1, -0.05) is 12.1 Å². The van der Waals surface area contributed by atoms with Gasteiger partial charge in [-0.3, -0.25) is 4.79 Å². The SMILES string of the molecule is CC(N)C(=O)N(C)c1ccccc1F. The molecule has 4 heteroatoms. The minimum absolute atomic E-state index is 0.245. The van der Waals surface area contributed by atoms with Crippen LogP contribution in [0.5, 0.6) is 0 Å². The molecule has 0 saturated heterocycles. The molecule has 3 nitrogen and oxygen atoms in total. The summed E-state index contributed by atoms with van der Waals surface area (Å²) >= 11 is 0. The summed E-state index contributed by atoms with van der Waals surface area (Å²) in [5.41, 5.74) is 5.66. The molecule has 14 heavy (non-hydrogen) atoms. The van der Waals surface area contributed by atoms with Crippen molar-refractivity contribution >= 4 is 11.6 Å². The first-order valence-corrected chi connectivity index (χ1v) is 4.31. The first kappa shape index (κ1) is 10.7. The van der Waals surface area contributed by atoms with Gasteiger partial charge in [-0.15, -0.1) is 0 Å². The predicted molar refractivity (Wildman–Crippen MR) is 53.5 cm³/mol. The quantitative estimate of drug-likeness (QED) is 0.770. The number of anilines is 1. The highest BCUT2D eigenvalue weighted by Gasteiger charge is 2.17. The molecule has 0 spiro atoms. The van der Waals surface area contributed by atoms with E-state index < -0.39 is 11.9 Å². The molecule has 1 atom stereocenters. The molecule has 2 N–H and O–H groups in total. The maximum Gasteiger partial charge on any atom is 0.243 e. The average Bonchev–Trinajstić information content (AvgIpc) is 2.16. The van der Waals surface area contributed by atoms with Crippen molar-refractivity contribution in [2.75, 3.05) is 11.9 Å². The summed E-state index contributed by atoms with van der Waals surface area (Å²) in [5, 5.41) is 0. The van der Waals surface area contributed by atoms with E-state index >= 15 is 0 Å². The summed E-state index contributed by atoms with van der Waals surface area (Å²) in [6.45, 7) is 1.57. The van der Waals surface area contributed by atoms with Gasteiger partial charge in [-0.25, -0.2) is 4.39 Å². The Morgan fingerprint density at radius 2 is 2.07 bits per heavy atom. The van der Waals surface area contributed by atoms with Gasteiger partial charge in [0.15, 0.2) is 0 Å². The van der Waals surface area contributed by atoms with Gasteiger partial charge in [0.05, 0.1) is 11.7 Å². The Hall–Kier alpha value is -1.42. The van der Waals surface area contributed by atoms with Crippen LogP contribution in [0.15, 0.2) is 24.3 Å². The number of amides is 1. The Bertz CT molecular complexity index is 339. The Labute approximate surface area is 82.3 Å². The van der Waals surface area contributed by atoms with Crippen molar-refractivity contribution in [1.29, 1.82) is 0 Å². The minimum Gasteiger partial charge on any atom is -0.320 e. The molecule has 0 radical (unpaired) electrons. The van der Waals surface area contributed by atoms with E-state index in [9.17, 15) is 9.18 Å². The Balaban J connectivity index is 2.95. The maximum absolute atomic E-state index is 13.2. The molecule has 0 aliphatic carbocycles. The third-order valence-corrected chi connectivity index (χ3v) is 1.93. The van der Waals surface area contributed by atoms with Gasteiger partial charge in [0.2, 0.25) is 5.91 Å². The van der Waals surface area contributed by atoms with Crippen molar-refractivity contribution in [2.45, 2.75) is 13.0 Å². The molecule has 1 rings (SSSR count). The number of carbonyl (C=O) groups excluding carboxylic acids is 1. The van der Waals surface area contributed by atoms with Gasteiger partial charge in [-0.2, -0.15) is 0 Å². The number of rotatable bonds is 2. The second kappa shape index (κ2) is 4.19. The van der Waals surface area contributed by atoms with Crippen LogP contribution in [0.4, 0.5) is 10.1 Å². The monoisotopic (exact) mass is 196 g/mol. The third-order valence-electron chi connectivity index (χ3n) is 1.93. The predicted octanol–water partition coefficient (Wildman–Crippen LogP) is 1.14. The number of halogens is 1. The first-order chi connectivity index (χ1) is 6.54. The summed E-state index contributed by atoms with van der Waals surface area (Å²) in [4.78, 5) is 12.7. The maximum atomic E-state index is 13.2. The van der Waals surface area contributed by atoms with E-state index in [-0.39, 0.29) is 11.6 Å². The molecule has 0 aliphatic rings. The van der Waals surface area contributed by atoms with Gasteiger partial charge in [0.25, 0.3) is 0 Å². The van der Waals surface area contributed by atoms with Crippen LogP contribution in [0.25, 0.3) is 0 Å². The lowest BCUT2D eigenvalue weighted by Crippen LogP contribution is -2.40. The number of benzene rings is 1. The Kier molecular flexibility index (Phi) is 3.19. The molecule has 0 aliphatic heterocycles. The van der Waals surface area contributed by atoms with E-state index in [0.717, 1.165) is 0 Å². The second-order valence-electron chi connectivity index (χ2n) is 3.14. The van der Waals surface area contributed by atoms with Crippen molar-refractivity contribution < 1.29 is 9.18 Å². The normalized spacial score (nSPS) is 12.3. The van der Waals surface area contributed by atoms with Crippen LogP contribution in [0.2, 0.25) is 0 Å². The van der Waals surface area contributed by atoms with E-state index in [1.54, 1.807) is 19.1 Å². The van der Waals surface area contributed by atoms with Crippen molar-refractivity contribution in [3.05, 3.63) is 30.1 Å². The fourth-order valence-corrected chi connectivity index (χ4v) is 1.15. The zero-order valence-corrected chi connectivity index (χ0v) is 8.20. The van der Waals surface area contributed by atoms with Gasteiger partial charge in [0.1, 0.15) is 5.82 Å².